The van der Waals surface area contributed by atoms with Gasteiger partial charge in [0.15, 0.2) is 0 Å². The summed E-state index contributed by atoms with van der Waals surface area (Å²) >= 11 is 0. The third-order valence-corrected chi connectivity index (χ3v) is 2.38. The fraction of sp³-hybridized carbons (Fsp3) is 0.357. The van der Waals surface area contributed by atoms with Gasteiger partial charge in [0.05, 0.1) is 13.0 Å². The first-order chi connectivity index (χ1) is 8.52. The smallest absolute Gasteiger partial charge is 0.375 e. The maximum atomic E-state index is 11.6. The molecule has 1 aromatic rings. The maximum Gasteiger partial charge on any atom is 0.375 e. The number of hydrogen-bond acceptors (Lipinski definition) is 4. The molecule has 4 nitrogen and oxygen atoms in total. The average Bonchev–Trinajstić information content (AvgIpc) is 2.32. The van der Waals surface area contributed by atoms with Crippen molar-refractivity contribution in [1.29, 1.82) is 0 Å². The molecule has 0 amide bonds. The fourth-order valence-electron chi connectivity index (χ4n) is 1.46. The summed E-state index contributed by atoms with van der Waals surface area (Å²) in [5.41, 5.74) is 1.94. The van der Waals surface area contributed by atoms with Gasteiger partial charge in [-0.3, -0.25) is 9.59 Å². The largest absolute Gasteiger partial charge is 0.460 e. The first-order valence-electron chi connectivity index (χ1n) is 5.80. The second-order valence-electron chi connectivity index (χ2n) is 4.02. The molecule has 0 fully saturated rings. The van der Waals surface area contributed by atoms with E-state index in [4.69, 9.17) is 0 Å². The minimum Gasteiger partial charge on any atom is -0.460 e. The fourth-order valence-corrected chi connectivity index (χ4v) is 1.46. The molecule has 0 aliphatic rings. The van der Waals surface area contributed by atoms with Crippen molar-refractivity contribution in [2.75, 3.05) is 6.61 Å². The van der Waals surface area contributed by atoms with Crippen LogP contribution in [0.15, 0.2) is 24.3 Å². The van der Waals surface area contributed by atoms with Crippen molar-refractivity contribution >= 4 is 17.5 Å². The molecular formula is C14H16O4. The van der Waals surface area contributed by atoms with E-state index in [9.17, 15) is 14.4 Å². The highest BCUT2D eigenvalue weighted by Gasteiger charge is 2.18. The predicted molar refractivity (Wildman–Crippen MR) is 66.1 cm³/mol. The van der Waals surface area contributed by atoms with Gasteiger partial charge in [-0.1, -0.05) is 29.8 Å². The molecule has 0 aromatic heterocycles. The lowest BCUT2D eigenvalue weighted by Crippen LogP contribution is -2.21. The summed E-state index contributed by atoms with van der Waals surface area (Å²) in [5, 5.41) is 0. The van der Waals surface area contributed by atoms with Gasteiger partial charge in [0.25, 0.3) is 0 Å². The molecule has 0 radical (unpaired) electrons. The van der Waals surface area contributed by atoms with Gasteiger partial charge in [-0.2, -0.15) is 0 Å². The van der Waals surface area contributed by atoms with Gasteiger partial charge in [0, 0.05) is 6.42 Å². The van der Waals surface area contributed by atoms with E-state index in [-0.39, 0.29) is 18.8 Å². The Kier molecular flexibility index (Phi) is 5.24. The maximum absolute atomic E-state index is 11.6. The van der Waals surface area contributed by atoms with E-state index in [0.29, 0.717) is 0 Å². The van der Waals surface area contributed by atoms with Crippen molar-refractivity contribution < 1.29 is 19.1 Å². The average molecular weight is 248 g/mol. The minimum absolute atomic E-state index is 0.136. The summed E-state index contributed by atoms with van der Waals surface area (Å²) < 4.78 is 4.53. The summed E-state index contributed by atoms with van der Waals surface area (Å²) in [4.78, 5) is 33.9. The zero-order valence-electron chi connectivity index (χ0n) is 10.6. The predicted octanol–water partition coefficient (Wildman–Crippen LogP) is 1.63. The first-order valence-corrected chi connectivity index (χ1v) is 5.80. The van der Waals surface area contributed by atoms with Crippen molar-refractivity contribution in [2.24, 2.45) is 0 Å². The first kappa shape index (κ1) is 14.1. The third-order valence-electron chi connectivity index (χ3n) is 2.38. The molecule has 4 heteroatoms. The van der Waals surface area contributed by atoms with Gasteiger partial charge in [0.1, 0.15) is 5.78 Å². The number of carbonyl (C=O) groups excluding carboxylic acids is 3. The standard InChI is InChI=1S/C14H16O4/c1-3-18-14(17)13(16)9-12(15)8-11-6-4-10(2)5-7-11/h4-7H,3,8-9H2,1-2H3. The summed E-state index contributed by atoms with van der Waals surface area (Å²) in [6.07, 6.45) is -0.238. The number of rotatable bonds is 6. The van der Waals surface area contributed by atoms with Crippen LogP contribution in [-0.4, -0.2) is 24.1 Å². The molecule has 0 saturated carbocycles. The molecular weight excluding hydrogens is 232 g/mol. The van der Waals surface area contributed by atoms with Crippen molar-refractivity contribution in [3.63, 3.8) is 0 Å². The Morgan fingerprint density at radius 1 is 1.11 bits per heavy atom. The Bertz CT molecular complexity index is 445. The van der Waals surface area contributed by atoms with Gasteiger partial charge in [-0.15, -0.1) is 0 Å². The molecule has 96 valence electrons. The van der Waals surface area contributed by atoms with E-state index >= 15 is 0 Å². The normalized spacial score (nSPS) is 9.89. The number of carbonyl (C=O) groups is 3. The van der Waals surface area contributed by atoms with Crippen molar-refractivity contribution in [2.45, 2.75) is 26.7 Å². The zero-order valence-corrected chi connectivity index (χ0v) is 10.6. The van der Waals surface area contributed by atoms with E-state index < -0.39 is 18.2 Å². The molecule has 18 heavy (non-hydrogen) atoms. The molecule has 0 unspecified atom stereocenters. The Balaban J connectivity index is 2.49. The molecule has 0 saturated heterocycles. The van der Waals surface area contributed by atoms with E-state index in [1.807, 2.05) is 31.2 Å². The Hall–Kier alpha value is -1.97. The van der Waals surface area contributed by atoms with Gasteiger partial charge >= 0.3 is 5.97 Å². The van der Waals surface area contributed by atoms with Crippen LogP contribution in [0, 0.1) is 6.92 Å². The highest BCUT2D eigenvalue weighted by atomic mass is 16.5. The summed E-state index contributed by atoms with van der Waals surface area (Å²) in [6.45, 7) is 3.70. The molecule has 0 heterocycles. The van der Waals surface area contributed by atoms with Gasteiger partial charge < -0.3 is 4.74 Å². The quantitative estimate of drug-likeness (QED) is 0.436. The number of benzene rings is 1. The molecule has 0 bridgehead atoms. The molecule has 1 aromatic carbocycles. The second kappa shape index (κ2) is 6.69. The van der Waals surface area contributed by atoms with Crippen LogP contribution in [0.5, 0.6) is 0 Å². The number of Topliss-reactive ketones (excluding diaryl/α,β-unsaturated/α-hetero) is 2. The van der Waals surface area contributed by atoms with E-state index in [1.54, 1.807) is 6.92 Å². The number of aryl methyl sites for hydroxylation is 1. The molecule has 0 aliphatic carbocycles. The van der Waals surface area contributed by atoms with Crippen LogP contribution in [0.25, 0.3) is 0 Å². The molecule has 0 aliphatic heterocycles. The van der Waals surface area contributed by atoms with E-state index in [2.05, 4.69) is 4.74 Å². The molecule has 0 N–H and O–H groups in total. The highest BCUT2D eigenvalue weighted by molar-refractivity contribution is 6.37. The highest BCUT2D eigenvalue weighted by Crippen LogP contribution is 2.05. The Morgan fingerprint density at radius 2 is 1.72 bits per heavy atom. The van der Waals surface area contributed by atoms with Crippen molar-refractivity contribution in [3.8, 4) is 0 Å². The van der Waals surface area contributed by atoms with E-state index in [0.717, 1.165) is 11.1 Å². The van der Waals surface area contributed by atoms with Crippen LogP contribution >= 0.6 is 0 Å². The number of esters is 1. The van der Waals surface area contributed by atoms with Gasteiger partial charge in [-0.25, -0.2) is 4.79 Å². The summed E-state index contributed by atoms with van der Waals surface area (Å²) in [7, 11) is 0. The number of ketones is 2. The third kappa shape index (κ3) is 4.49. The number of hydrogen-bond donors (Lipinski definition) is 0. The van der Waals surface area contributed by atoms with E-state index in [1.165, 1.54) is 0 Å². The molecule has 0 atom stereocenters. The Morgan fingerprint density at radius 3 is 2.28 bits per heavy atom. The monoisotopic (exact) mass is 248 g/mol. The topological polar surface area (TPSA) is 60.4 Å². The minimum atomic E-state index is -0.935. The zero-order chi connectivity index (χ0) is 13.5. The second-order valence-corrected chi connectivity index (χ2v) is 4.02. The summed E-state index contributed by atoms with van der Waals surface area (Å²) in [5.74, 6) is -2.00. The van der Waals surface area contributed by atoms with Crippen LogP contribution in [0.4, 0.5) is 0 Å². The van der Waals surface area contributed by atoms with Gasteiger partial charge in [-0.05, 0) is 19.4 Å². The lowest BCUT2D eigenvalue weighted by Gasteiger charge is -2.02. The van der Waals surface area contributed by atoms with Crippen LogP contribution < -0.4 is 0 Å². The Labute approximate surface area is 106 Å². The number of ether oxygens (including phenoxy) is 1. The molecule has 1 rings (SSSR count). The molecule has 0 spiro atoms. The van der Waals surface area contributed by atoms with Crippen molar-refractivity contribution in [3.05, 3.63) is 35.4 Å². The van der Waals surface area contributed by atoms with Crippen LogP contribution in [0.3, 0.4) is 0 Å². The van der Waals surface area contributed by atoms with Crippen LogP contribution in [-0.2, 0) is 25.5 Å². The summed E-state index contributed by atoms with van der Waals surface area (Å²) in [6, 6.07) is 7.47. The van der Waals surface area contributed by atoms with Crippen molar-refractivity contribution in [1.82, 2.24) is 0 Å². The lowest BCUT2D eigenvalue weighted by molar-refractivity contribution is -0.154. The van der Waals surface area contributed by atoms with Gasteiger partial charge in [0.2, 0.25) is 5.78 Å². The van der Waals surface area contributed by atoms with Crippen LogP contribution in [0.1, 0.15) is 24.5 Å². The lowest BCUT2D eigenvalue weighted by atomic mass is 10.0. The SMILES string of the molecule is CCOC(=O)C(=O)CC(=O)Cc1ccc(C)cc1. The van der Waals surface area contributed by atoms with Crippen LogP contribution in [0.2, 0.25) is 0 Å².